The van der Waals surface area contributed by atoms with Gasteiger partial charge in [0.05, 0.1) is 0 Å². The Kier molecular flexibility index (Phi) is 6.00. The molecule has 0 aliphatic heterocycles. The summed E-state index contributed by atoms with van der Waals surface area (Å²) in [5, 5.41) is 4.54. The molecule has 0 fully saturated rings. The van der Waals surface area contributed by atoms with E-state index in [-0.39, 0.29) is 11.9 Å². The molecule has 4 heteroatoms. The summed E-state index contributed by atoms with van der Waals surface area (Å²) in [6.07, 6.45) is 1.86. The van der Waals surface area contributed by atoms with Crippen molar-refractivity contribution in [2.24, 2.45) is 0 Å². The van der Waals surface area contributed by atoms with Crippen LogP contribution in [0, 0.1) is 6.92 Å². The second-order valence-electron chi connectivity index (χ2n) is 3.97. The van der Waals surface area contributed by atoms with Crippen LogP contribution in [0.1, 0.15) is 35.7 Å². The average molecular weight is 319 g/mol. The maximum atomic E-state index is 12.1. The van der Waals surface area contributed by atoms with Gasteiger partial charge in [0.15, 0.2) is 0 Å². The van der Waals surface area contributed by atoms with Gasteiger partial charge in [-0.1, -0.05) is 40.5 Å². The molecule has 0 aliphatic carbocycles. The lowest BCUT2D eigenvalue weighted by Gasteiger charge is -2.16. The highest BCUT2D eigenvalue weighted by molar-refractivity contribution is 9.09. The fraction of sp³-hybridized carbons (Fsp3) is 0.462. The van der Waals surface area contributed by atoms with Gasteiger partial charge in [0.1, 0.15) is 0 Å². The Bertz CT molecular complexity index is 395. The summed E-state index contributed by atoms with van der Waals surface area (Å²) in [6.45, 7) is 3.93. The highest BCUT2D eigenvalue weighted by Crippen LogP contribution is 2.18. The van der Waals surface area contributed by atoms with Crippen LogP contribution in [-0.2, 0) is 0 Å². The van der Waals surface area contributed by atoms with Crippen LogP contribution >= 0.6 is 27.5 Å². The molecule has 1 atom stereocenters. The summed E-state index contributed by atoms with van der Waals surface area (Å²) in [4.78, 5) is 12.1. The first-order valence-corrected chi connectivity index (χ1v) is 7.22. The fourth-order valence-electron chi connectivity index (χ4n) is 1.63. The third-order valence-corrected chi connectivity index (χ3v) is 3.67. The molecule has 1 rings (SSSR count). The largest absolute Gasteiger partial charge is 0.349 e. The first-order chi connectivity index (χ1) is 8.10. The molecule has 0 aromatic heterocycles. The molecular formula is C13H17BrClNO. The van der Waals surface area contributed by atoms with Gasteiger partial charge in [-0.2, -0.15) is 0 Å². The lowest BCUT2D eigenvalue weighted by Crippen LogP contribution is -2.35. The van der Waals surface area contributed by atoms with Crippen molar-refractivity contribution in [3.8, 4) is 0 Å². The molecule has 1 unspecified atom stereocenters. The topological polar surface area (TPSA) is 29.1 Å². The predicted molar refractivity (Wildman–Crippen MR) is 76.1 cm³/mol. The smallest absolute Gasteiger partial charge is 0.251 e. The van der Waals surface area contributed by atoms with Crippen LogP contribution in [0.25, 0.3) is 0 Å². The Hall–Kier alpha value is -0.540. The van der Waals surface area contributed by atoms with Crippen molar-refractivity contribution >= 4 is 33.4 Å². The summed E-state index contributed by atoms with van der Waals surface area (Å²) < 4.78 is 0. The van der Waals surface area contributed by atoms with Crippen molar-refractivity contribution in [2.45, 2.75) is 32.7 Å². The Balaban J connectivity index is 2.79. The van der Waals surface area contributed by atoms with Gasteiger partial charge in [0, 0.05) is 22.0 Å². The number of halogens is 2. The molecule has 0 spiro atoms. The summed E-state index contributed by atoms with van der Waals surface area (Å²) in [7, 11) is 0. The SMILES string of the molecule is CCC(CCBr)NC(=O)c1cccc(Cl)c1C. The first kappa shape index (κ1) is 14.5. The van der Waals surface area contributed by atoms with Crippen LogP contribution < -0.4 is 5.32 Å². The third kappa shape index (κ3) is 4.00. The van der Waals surface area contributed by atoms with Crippen molar-refractivity contribution in [2.75, 3.05) is 5.33 Å². The van der Waals surface area contributed by atoms with E-state index in [9.17, 15) is 4.79 Å². The number of carbonyl (C=O) groups excluding carboxylic acids is 1. The van der Waals surface area contributed by atoms with E-state index in [1.54, 1.807) is 18.2 Å². The van der Waals surface area contributed by atoms with E-state index in [4.69, 9.17) is 11.6 Å². The third-order valence-electron chi connectivity index (χ3n) is 2.80. The van der Waals surface area contributed by atoms with Gasteiger partial charge in [-0.25, -0.2) is 0 Å². The van der Waals surface area contributed by atoms with Crippen molar-refractivity contribution in [1.82, 2.24) is 5.32 Å². The van der Waals surface area contributed by atoms with Gasteiger partial charge >= 0.3 is 0 Å². The molecule has 0 heterocycles. The van der Waals surface area contributed by atoms with Crippen LogP contribution in [0.2, 0.25) is 5.02 Å². The normalized spacial score (nSPS) is 12.2. The van der Waals surface area contributed by atoms with E-state index in [2.05, 4.69) is 28.2 Å². The zero-order chi connectivity index (χ0) is 12.8. The van der Waals surface area contributed by atoms with E-state index < -0.39 is 0 Å². The maximum absolute atomic E-state index is 12.1. The van der Waals surface area contributed by atoms with Gasteiger partial charge in [-0.15, -0.1) is 0 Å². The lowest BCUT2D eigenvalue weighted by molar-refractivity contribution is 0.0934. The van der Waals surface area contributed by atoms with Crippen molar-refractivity contribution in [3.63, 3.8) is 0 Å². The van der Waals surface area contributed by atoms with Crippen LogP contribution in [-0.4, -0.2) is 17.3 Å². The van der Waals surface area contributed by atoms with Gasteiger partial charge in [-0.05, 0) is 37.5 Å². The highest BCUT2D eigenvalue weighted by Gasteiger charge is 2.14. The zero-order valence-corrected chi connectivity index (χ0v) is 12.4. The number of nitrogens with one attached hydrogen (secondary N) is 1. The number of alkyl halides is 1. The molecule has 0 radical (unpaired) electrons. The van der Waals surface area contributed by atoms with Crippen LogP contribution in [0.4, 0.5) is 0 Å². The van der Waals surface area contributed by atoms with Crippen LogP contribution in [0.5, 0.6) is 0 Å². The zero-order valence-electron chi connectivity index (χ0n) is 10.1. The van der Waals surface area contributed by atoms with E-state index >= 15 is 0 Å². The molecule has 1 aromatic rings. The summed E-state index contributed by atoms with van der Waals surface area (Å²) in [5.41, 5.74) is 1.49. The molecule has 1 aromatic carbocycles. The monoisotopic (exact) mass is 317 g/mol. The molecule has 94 valence electrons. The summed E-state index contributed by atoms with van der Waals surface area (Å²) >= 11 is 9.39. The van der Waals surface area contributed by atoms with Crippen molar-refractivity contribution in [3.05, 3.63) is 34.3 Å². The van der Waals surface area contributed by atoms with Crippen LogP contribution in [0.15, 0.2) is 18.2 Å². The van der Waals surface area contributed by atoms with Crippen molar-refractivity contribution < 1.29 is 4.79 Å². The minimum atomic E-state index is -0.0437. The predicted octanol–water partition coefficient (Wildman–Crippen LogP) is 3.94. The Labute approximate surface area is 116 Å². The molecule has 0 aliphatic rings. The summed E-state index contributed by atoms with van der Waals surface area (Å²) in [6, 6.07) is 5.61. The quantitative estimate of drug-likeness (QED) is 0.819. The molecule has 0 bridgehead atoms. The van der Waals surface area contributed by atoms with E-state index in [0.29, 0.717) is 10.6 Å². The van der Waals surface area contributed by atoms with E-state index in [1.165, 1.54) is 0 Å². The molecule has 17 heavy (non-hydrogen) atoms. The number of benzene rings is 1. The minimum Gasteiger partial charge on any atom is -0.349 e. The van der Waals surface area contributed by atoms with Gasteiger partial charge in [-0.3, -0.25) is 4.79 Å². The summed E-state index contributed by atoms with van der Waals surface area (Å²) in [5.74, 6) is -0.0437. The van der Waals surface area contributed by atoms with E-state index in [1.807, 2.05) is 6.92 Å². The fourth-order valence-corrected chi connectivity index (χ4v) is 2.35. The number of amides is 1. The van der Waals surface area contributed by atoms with E-state index in [0.717, 1.165) is 23.7 Å². The second kappa shape index (κ2) is 7.02. The minimum absolute atomic E-state index is 0.0437. The number of hydrogen-bond acceptors (Lipinski definition) is 1. The Morgan fingerprint density at radius 3 is 2.82 bits per heavy atom. The molecule has 0 saturated heterocycles. The van der Waals surface area contributed by atoms with Gasteiger partial charge in [0.2, 0.25) is 0 Å². The van der Waals surface area contributed by atoms with Gasteiger partial charge < -0.3 is 5.32 Å². The van der Waals surface area contributed by atoms with Gasteiger partial charge in [0.25, 0.3) is 5.91 Å². The Morgan fingerprint density at radius 1 is 1.53 bits per heavy atom. The maximum Gasteiger partial charge on any atom is 0.251 e. The molecule has 1 amide bonds. The number of carbonyl (C=O) groups is 1. The molecular weight excluding hydrogens is 302 g/mol. The van der Waals surface area contributed by atoms with Crippen molar-refractivity contribution in [1.29, 1.82) is 0 Å². The number of hydrogen-bond donors (Lipinski definition) is 1. The average Bonchev–Trinajstić information content (AvgIpc) is 2.31. The molecule has 1 N–H and O–H groups in total. The number of rotatable bonds is 5. The van der Waals surface area contributed by atoms with Crippen LogP contribution in [0.3, 0.4) is 0 Å². The molecule has 0 saturated carbocycles. The first-order valence-electron chi connectivity index (χ1n) is 5.72. The lowest BCUT2D eigenvalue weighted by atomic mass is 10.1. The standard InChI is InChI=1S/C13H17BrClNO/c1-3-10(7-8-14)16-13(17)11-5-4-6-12(15)9(11)2/h4-6,10H,3,7-8H2,1-2H3,(H,16,17). The second-order valence-corrected chi connectivity index (χ2v) is 5.17. The Morgan fingerprint density at radius 2 is 2.24 bits per heavy atom. The molecule has 2 nitrogen and oxygen atoms in total. The highest BCUT2D eigenvalue weighted by atomic mass is 79.9.